The molecule has 7 heteroatoms. The zero-order valence-corrected chi connectivity index (χ0v) is 15.0. The molecule has 0 spiro atoms. The number of imidazole rings is 1. The van der Waals surface area contributed by atoms with E-state index in [2.05, 4.69) is 9.97 Å². The van der Waals surface area contributed by atoms with Gasteiger partial charge in [-0.1, -0.05) is 11.6 Å². The van der Waals surface area contributed by atoms with Gasteiger partial charge in [0.15, 0.2) is 0 Å². The molecule has 0 fully saturated rings. The zero-order chi connectivity index (χ0) is 17.1. The van der Waals surface area contributed by atoms with Crippen LogP contribution in [-0.4, -0.2) is 50.5 Å². The lowest BCUT2D eigenvalue weighted by molar-refractivity contribution is -0.141. The molecule has 2 N–H and O–H groups in total. The van der Waals surface area contributed by atoms with Crippen LogP contribution in [0.2, 0.25) is 5.02 Å². The Labute approximate surface area is 150 Å². The molecule has 128 valence electrons. The molecular formula is C17H20ClN3O2S. The third kappa shape index (κ3) is 3.77. The molecule has 1 aromatic carbocycles. The number of hydrogen-bond acceptors (Lipinski definition) is 4. The normalized spacial score (nSPS) is 15.2. The lowest BCUT2D eigenvalue weighted by Gasteiger charge is -2.28. The lowest BCUT2D eigenvalue weighted by Crippen LogP contribution is -2.42. The molecule has 0 radical (unpaired) electrons. The second-order valence-electron chi connectivity index (χ2n) is 5.82. The number of aliphatic hydroxyl groups excluding tert-OH is 1. The van der Waals surface area contributed by atoms with Gasteiger partial charge < -0.3 is 15.0 Å². The quantitative estimate of drug-likeness (QED) is 0.854. The molecular weight excluding hydrogens is 346 g/mol. The van der Waals surface area contributed by atoms with E-state index in [1.165, 1.54) is 0 Å². The van der Waals surface area contributed by atoms with E-state index in [1.54, 1.807) is 16.7 Å². The molecule has 1 atom stereocenters. The van der Waals surface area contributed by atoms with Crippen LogP contribution in [0.15, 0.2) is 24.3 Å². The van der Waals surface area contributed by atoms with Crippen molar-refractivity contribution in [1.29, 1.82) is 0 Å². The fourth-order valence-corrected chi connectivity index (χ4v) is 3.38. The highest BCUT2D eigenvalue weighted by Gasteiger charge is 2.27. The number of carbonyl (C=O) groups is 1. The van der Waals surface area contributed by atoms with Crippen molar-refractivity contribution in [3.8, 4) is 11.4 Å². The minimum Gasteiger partial charge on any atom is -0.383 e. The van der Waals surface area contributed by atoms with Crippen molar-refractivity contribution in [3.05, 3.63) is 40.7 Å². The monoisotopic (exact) mass is 365 g/mol. The number of aromatic amines is 1. The van der Waals surface area contributed by atoms with E-state index in [9.17, 15) is 9.90 Å². The van der Waals surface area contributed by atoms with Crippen molar-refractivity contribution in [2.24, 2.45) is 0 Å². The summed E-state index contributed by atoms with van der Waals surface area (Å²) < 4.78 is 0. The Bertz CT molecular complexity index is 717. The second-order valence-corrected chi connectivity index (χ2v) is 7.25. The first-order valence-electron chi connectivity index (χ1n) is 7.88. The molecule has 0 unspecified atom stereocenters. The number of rotatable bonds is 5. The maximum absolute atomic E-state index is 12.3. The minimum atomic E-state index is -0.919. The molecule has 0 saturated carbocycles. The number of benzene rings is 1. The number of hydrogen-bond donors (Lipinski definition) is 2. The molecule has 2 aromatic rings. The number of H-pyrrole nitrogens is 1. The fourth-order valence-electron chi connectivity index (χ4n) is 2.79. The van der Waals surface area contributed by atoms with Crippen molar-refractivity contribution >= 4 is 29.3 Å². The predicted molar refractivity (Wildman–Crippen MR) is 97.2 cm³/mol. The Morgan fingerprint density at radius 3 is 2.92 bits per heavy atom. The molecule has 24 heavy (non-hydrogen) atoms. The highest BCUT2D eigenvalue weighted by atomic mass is 35.5. The average Bonchev–Trinajstić information content (AvgIpc) is 3.02. The average molecular weight is 366 g/mol. The number of nitrogens with zero attached hydrogens (tertiary/aromatic N) is 2. The smallest absolute Gasteiger partial charge is 0.251 e. The number of aliphatic hydroxyl groups is 1. The topological polar surface area (TPSA) is 69.2 Å². The van der Waals surface area contributed by atoms with Crippen LogP contribution in [0.1, 0.15) is 17.8 Å². The predicted octanol–water partition coefficient (Wildman–Crippen LogP) is 2.73. The molecule has 1 aromatic heterocycles. The first-order chi connectivity index (χ1) is 11.6. The number of carbonyl (C=O) groups excluding carboxylic acids is 1. The van der Waals surface area contributed by atoms with Crippen molar-refractivity contribution < 1.29 is 9.90 Å². The molecule has 0 saturated heterocycles. The molecule has 0 aliphatic carbocycles. The van der Waals surface area contributed by atoms with E-state index in [-0.39, 0.29) is 5.91 Å². The Hall–Kier alpha value is -1.50. The van der Waals surface area contributed by atoms with Crippen LogP contribution in [0.3, 0.4) is 0 Å². The summed E-state index contributed by atoms with van der Waals surface area (Å²) in [4.78, 5) is 22.0. The number of fused-ring (bicyclic) bond motifs is 1. The summed E-state index contributed by atoms with van der Waals surface area (Å²) in [7, 11) is 0. The highest BCUT2D eigenvalue weighted by Crippen LogP contribution is 2.24. The highest BCUT2D eigenvalue weighted by molar-refractivity contribution is 7.98. The van der Waals surface area contributed by atoms with Gasteiger partial charge in [-0.15, -0.1) is 0 Å². The van der Waals surface area contributed by atoms with E-state index in [4.69, 9.17) is 11.6 Å². The number of nitrogens with one attached hydrogen (secondary N) is 1. The minimum absolute atomic E-state index is 0.197. The van der Waals surface area contributed by atoms with Gasteiger partial charge in [-0.3, -0.25) is 4.79 Å². The molecule has 1 aliphatic heterocycles. The third-order valence-electron chi connectivity index (χ3n) is 4.14. The Morgan fingerprint density at radius 2 is 2.21 bits per heavy atom. The van der Waals surface area contributed by atoms with Gasteiger partial charge in [-0.2, -0.15) is 11.8 Å². The largest absolute Gasteiger partial charge is 0.383 e. The molecule has 3 rings (SSSR count). The van der Waals surface area contributed by atoms with Crippen molar-refractivity contribution in [3.63, 3.8) is 0 Å². The van der Waals surface area contributed by atoms with Crippen LogP contribution in [0.25, 0.3) is 11.4 Å². The number of halogens is 1. The molecule has 1 amide bonds. The van der Waals surface area contributed by atoms with Crippen molar-refractivity contribution in [1.82, 2.24) is 14.9 Å². The molecule has 5 nitrogen and oxygen atoms in total. The number of thioether (sulfide) groups is 1. The third-order valence-corrected chi connectivity index (χ3v) is 5.04. The SMILES string of the molecule is CSCC[C@@H](O)C(=O)N1CCc2nc(-c3ccc(Cl)cc3)[nH]c2C1. The van der Waals surface area contributed by atoms with Crippen LogP contribution < -0.4 is 0 Å². The summed E-state index contributed by atoms with van der Waals surface area (Å²) in [5.41, 5.74) is 2.89. The molecule has 0 bridgehead atoms. The maximum atomic E-state index is 12.3. The summed E-state index contributed by atoms with van der Waals surface area (Å²) in [5, 5.41) is 10.7. The van der Waals surface area contributed by atoms with Gasteiger partial charge in [0, 0.05) is 23.6 Å². The Morgan fingerprint density at radius 1 is 1.46 bits per heavy atom. The fraction of sp³-hybridized carbons (Fsp3) is 0.412. The Balaban J connectivity index is 1.72. The summed E-state index contributed by atoms with van der Waals surface area (Å²) in [5.74, 6) is 1.36. The van der Waals surface area contributed by atoms with Crippen LogP contribution in [0.5, 0.6) is 0 Å². The summed E-state index contributed by atoms with van der Waals surface area (Å²) in [6, 6.07) is 7.50. The number of aromatic nitrogens is 2. The van der Waals surface area contributed by atoms with Crippen LogP contribution >= 0.6 is 23.4 Å². The first kappa shape index (κ1) is 17.3. The summed E-state index contributed by atoms with van der Waals surface area (Å²) in [6.45, 7) is 1.05. The zero-order valence-electron chi connectivity index (χ0n) is 13.5. The van der Waals surface area contributed by atoms with Crippen LogP contribution in [0.4, 0.5) is 0 Å². The summed E-state index contributed by atoms with van der Waals surface area (Å²) in [6.07, 6.45) is 2.23. The Kier molecular flexibility index (Phi) is 5.48. The van der Waals surface area contributed by atoms with E-state index in [0.717, 1.165) is 28.5 Å². The standard InChI is InChI=1S/C17H20ClN3O2S/c1-24-9-7-15(22)17(23)21-8-6-13-14(10-21)20-16(19-13)11-2-4-12(18)5-3-11/h2-5,15,22H,6-10H2,1H3,(H,19,20)/t15-/m1/s1. The van der Waals surface area contributed by atoms with E-state index in [1.807, 2.05) is 30.5 Å². The van der Waals surface area contributed by atoms with Gasteiger partial charge in [0.05, 0.1) is 17.9 Å². The van der Waals surface area contributed by atoms with E-state index < -0.39 is 6.10 Å². The van der Waals surface area contributed by atoms with Crippen molar-refractivity contribution in [2.75, 3.05) is 18.6 Å². The van der Waals surface area contributed by atoms with Gasteiger partial charge in [0.2, 0.25) is 0 Å². The van der Waals surface area contributed by atoms with Gasteiger partial charge in [0.25, 0.3) is 5.91 Å². The lowest BCUT2D eigenvalue weighted by atomic mass is 10.1. The van der Waals surface area contributed by atoms with Gasteiger partial charge >= 0.3 is 0 Å². The van der Waals surface area contributed by atoms with Crippen LogP contribution in [-0.2, 0) is 17.8 Å². The van der Waals surface area contributed by atoms with E-state index >= 15 is 0 Å². The van der Waals surface area contributed by atoms with Crippen LogP contribution in [0, 0.1) is 0 Å². The van der Waals surface area contributed by atoms with E-state index in [0.29, 0.717) is 31.0 Å². The molecule has 2 heterocycles. The van der Waals surface area contributed by atoms with Gasteiger partial charge in [-0.05, 0) is 42.7 Å². The number of amides is 1. The molecule has 1 aliphatic rings. The second kappa shape index (κ2) is 7.59. The summed E-state index contributed by atoms with van der Waals surface area (Å²) >= 11 is 7.55. The maximum Gasteiger partial charge on any atom is 0.251 e. The van der Waals surface area contributed by atoms with Gasteiger partial charge in [0.1, 0.15) is 11.9 Å². The van der Waals surface area contributed by atoms with Crippen molar-refractivity contribution in [2.45, 2.75) is 25.5 Å². The first-order valence-corrected chi connectivity index (χ1v) is 9.65. The van der Waals surface area contributed by atoms with Gasteiger partial charge in [-0.25, -0.2) is 4.98 Å².